The molecule has 0 unspecified atom stereocenters. The van der Waals surface area contributed by atoms with Gasteiger partial charge in [0.05, 0.1) is 79.2 Å². The largest absolute Gasteiger partial charge is 0.379 e. The van der Waals surface area contributed by atoms with E-state index in [1.165, 1.54) is 140 Å². The van der Waals surface area contributed by atoms with Gasteiger partial charge in [0.2, 0.25) is 0 Å². The SMILES string of the molecule is [NH3+]CCOCCOCCOCCCCCCCCCCCCSSCCCCCCCCCCCCOCCOCCOCC[NH3+]. The molecule has 0 fully saturated rings. The summed E-state index contributed by atoms with van der Waals surface area (Å²) in [7, 11) is 4.21. The van der Waals surface area contributed by atoms with Crippen molar-refractivity contribution in [3.8, 4) is 0 Å². The molecule has 0 rings (SSSR count). The number of hydrogen-bond donors (Lipinski definition) is 2. The second kappa shape index (κ2) is 45.4. The van der Waals surface area contributed by atoms with E-state index in [-0.39, 0.29) is 0 Å². The Morgan fingerprint density at radius 3 is 0.739 bits per heavy atom. The van der Waals surface area contributed by atoms with Crippen LogP contribution >= 0.6 is 21.6 Å². The van der Waals surface area contributed by atoms with Gasteiger partial charge in [-0.05, 0) is 25.7 Å². The second-order valence-corrected chi connectivity index (χ2v) is 14.8. The van der Waals surface area contributed by atoms with Crippen LogP contribution in [0.5, 0.6) is 0 Å². The van der Waals surface area contributed by atoms with Gasteiger partial charge in [-0.25, -0.2) is 0 Å². The minimum Gasteiger partial charge on any atom is -0.379 e. The average Bonchev–Trinajstić information content (AvgIpc) is 3.07. The average molecular weight is 699 g/mol. The van der Waals surface area contributed by atoms with Gasteiger partial charge >= 0.3 is 0 Å². The molecule has 6 N–H and O–H groups in total. The van der Waals surface area contributed by atoms with E-state index in [4.69, 9.17) is 28.4 Å². The maximum Gasteiger partial charge on any atom is 0.0977 e. The summed E-state index contributed by atoms with van der Waals surface area (Å²) < 4.78 is 32.9. The Labute approximate surface area is 293 Å². The lowest BCUT2D eigenvalue weighted by atomic mass is 10.1. The molecule has 0 spiro atoms. The van der Waals surface area contributed by atoms with Crippen molar-refractivity contribution < 1.29 is 39.9 Å². The normalized spacial score (nSPS) is 11.6. The fraction of sp³-hybridized carbons (Fsp3) is 1.00. The summed E-state index contributed by atoms with van der Waals surface area (Å²) in [6.07, 6.45) is 27.3. The van der Waals surface area contributed by atoms with Gasteiger partial charge < -0.3 is 39.9 Å². The van der Waals surface area contributed by atoms with Crippen LogP contribution in [-0.4, -0.2) is 104 Å². The van der Waals surface area contributed by atoms with Crippen molar-refractivity contribution in [3.63, 3.8) is 0 Å². The highest BCUT2D eigenvalue weighted by Gasteiger charge is 1.98. The van der Waals surface area contributed by atoms with Gasteiger partial charge in [0.1, 0.15) is 0 Å². The maximum atomic E-state index is 5.64. The molecule has 0 atom stereocenters. The molecule has 0 heterocycles. The summed E-state index contributed by atoms with van der Waals surface area (Å²) in [5, 5.41) is 0. The summed E-state index contributed by atoms with van der Waals surface area (Å²) in [5.41, 5.74) is 7.49. The van der Waals surface area contributed by atoms with E-state index in [2.05, 4.69) is 33.1 Å². The zero-order chi connectivity index (χ0) is 33.1. The number of quaternary nitrogens is 2. The molecule has 0 aromatic rings. The molecular weight excluding hydrogens is 621 g/mol. The molecular formula is C36H78N2O6S2+2. The van der Waals surface area contributed by atoms with Crippen LogP contribution in [0.4, 0.5) is 0 Å². The molecule has 0 aliphatic carbocycles. The third kappa shape index (κ3) is 44.4. The topological polar surface area (TPSA) is 111 Å². The van der Waals surface area contributed by atoms with Gasteiger partial charge in [0, 0.05) is 24.7 Å². The summed E-state index contributed by atoms with van der Waals surface area (Å²) in [6, 6.07) is 0. The minimum atomic E-state index is 0.648. The highest BCUT2D eigenvalue weighted by Crippen LogP contribution is 2.25. The lowest BCUT2D eigenvalue weighted by molar-refractivity contribution is -0.374. The lowest BCUT2D eigenvalue weighted by Gasteiger charge is -2.06. The summed E-state index contributed by atoms with van der Waals surface area (Å²) >= 11 is 0. The van der Waals surface area contributed by atoms with Crippen LogP contribution in [0.15, 0.2) is 0 Å². The lowest BCUT2D eigenvalue weighted by Crippen LogP contribution is -2.52. The predicted octanol–water partition coefficient (Wildman–Crippen LogP) is 6.75. The van der Waals surface area contributed by atoms with E-state index in [1.807, 2.05) is 0 Å². The first-order valence-corrected chi connectivity index (χ1v) is 21.7. The first-order valence-electron chi connectivity index (χ1n) is 19.2. The molecule has 278 valence electrons. The van der Waals surface area contributed by atoms with Gasteiger partial charge in [0.25, 0.3) is 0 Å². The first-order chi connectivity index (χ1) is 22.9. The highest BCUT2D eigenvalue weighted by atomic mass is 33.1. The number of rotatable bonds is 43. The molecule has 0 amide bonds. The first kappa shape index (κ1) is 46.4. The molecule has 0 aliphatic rings. The molecule has 0 aliphatic heterocycles. The molecule has 8 nitrogen and oxygen atoms in total. The maximum absolute atomic E-state index is 5.64. The van der Waals surface area contributed by atoms with Crippen LogP contribution in [0.1, 0.15) is 128 Å². The van der Waals surface area contributed by atoms with E-state index in [1.54, 1.807) is 0 Å². The zero-order valence-corrected chi connectivity index (χ0v) is 31.8. The smallest absolute Gasteiger partial charge is 0.0977 e. The Kier molecular flexibility index (Phi) is 45.8. The van der Waals surface area contributed by atoms with Crippen molar-refractivity contribution in [2.45, 2.75) is 128 Å². The number of ether oxygens (including phenoxy) is 6. The second-order valence-electron chi connectivity index (χ2n) is 12.1. The van der Waals surface area contributed by atoms with Crippen LogP contribution < -0.4 is 11.5 Å². The Morgan fingerprint density at radius 2 is 0.457 bits per heavy atom. The summed E-state index contributed by atoms with van der Waals surface area (Å²) in [5.74, 6) is 2.66. The van der Waals surface area contributed by atoms with E-state index >= 15 is 0 Å². The van der Waals surface area contributed by atoms with Gasteiger partial charge in [-0.15, -0.1) is 0 Å². The van der Waals surface area contributed by atoms with Crippen molar-refractivity contribution in [1.29, 1.82) is 0 Å². The summed E-state index contributed by atoms with van der Waals surface area (Å²) in [4.78, 5) is 0. The number of unbranched alkanes of at least 4 members (excludes halogenated alkanes) is 18. The fourth-order valence-corrected chi connectivity index (χ4v) is 7.26. The van der Waals surface area contributed by atoms with E-state index in [9.17, 15) is 0 Å². The van der Waals surface area contributed by atoms with Gasteiger partial charge in [-0.2, -0.15) is 0 Å². The van der Waals surface area contributed by atoms with Gasteiger partial charge in [-0.3, -0.25) is 0 Å². The molecule has 0 aromatic heterocycles. The number of hydrogen-bond acceptors (Lipinski definition) is 8. The third-order valence-electron chi connectivity index (χ3n) is 7.68. The fourth-order valence-electron chi connectivity index (χ4n) is 4.96. The zero-order valence-electron chi connectivity index (χ0n) is 30.1. The van der Waals surface area contributed by atoms with Crippen LogP contribution in [0, 0.1) is 0 Å². The van der Waals surface area contributed by atoms with Crippen molar-refractivity contribution in [1.82, 2.24) is 0 Å². The molecule has 0 aromatic carbocycles. The van der Waals surface area contributed by atoms with Crippen LogP contribution in [-0.2, 0) is 28.4 Å². The van der Waals surface area contributed by atoms with Crippen LogP contribution in [0.25, 0.3) is 0 Å². The van der Waals surface area contributed by atoms with E-state index in [0.29, 0.717) is 66.1 Å². The monoisotopic (exact) mass is 699 g/mol. The molecule has 0 saturated carbocycles. The van der Waals surface area contributed by atoms with E-state index in [0.717, 1.165) is 26.3 Å². The molecule has 10 heteroatoms. The third-order valence-corrected chi connectivity index (χ3v) is 10.3. The standard InChI is InChI=1S/C36H76N2O6S2/c37-21-25-41-29-33-43-31-27-39-23-17-13-9-5-1-3-7-11-15-19-35-45-46-36-20-16-12-8-4-2-6-10-14-18-24-40-28-32-44-34-30-42-26-22-38/h1-38H2/p+2. The van der Waals surface area contributed by atoms with Crippen molar-refractivity contribution in [2.75, 3.05) is 104 Å². The Balaban J connectivity index is 3.03. The van der Waals surface area contributed by atoms with Crippen molar-refractivity contribution in [3.05, 3.63) is 0 Å². The molecule has 0 radical (unpaired) electrons. The highest BCUT2D eigenvalue weighted by molar-refractivity contribution is 8.76. The van der Waals surface area contributed by atoms with Crippen molar-refractivity contribution in [2.24, 2.45) is 0 Å². The van der Waals surface area contributed by atoms with Crippen molar-refractivity contribution >= 4 is 21.6 Å². The Hall–Kier alpha value is 0.380. The minimum absolute atomic E-state index is 0.648. The van der Waals surface area contributed by atoms with Crippen LogP contribution in [0.2, 0.25) is 0 Å². The van der Waals surface area contributed by atoms with Gasteiger partial charge in [0.15, 0.2) is 0 Å². The summed E-state index contributed by atoms with van der Waals surface area (Å²) in [6.45, 7) is 10.1. The molecule has 0 saturated heterocycles. The Bertz CT molecular complexity index is 485. The Morgan fingerprint density at radius 1 is 0.239 bits per heavy atom. The van der Waals surface area contributed by atoms with E-state index < -0.39 is 0 Å². The quantitative estimate of drug-likeness (QED) is 0.0532. The molecule has 46 heavy (non-hydrogen) atoms. The van der Waals surface area contributed by atoms with Gasteiger partial charge in [-0.1, -0.05) is 124 Å². The predicted molar refractivity (Wildman–Crippen MR) is 198 cm³/mol. The molecule has 0 bridgehead atoms. The van der Waals surface area contributed by atoms with Crippen LogP contribution in [0.3, 0.4) is 0 Å².